The van der Waals surface area contributed by atoms with E-state index in [1.807, 2.05) is 31.2 Å². The van der Waals surface area contributed by atoms with Crippen LogP contribution in [0.15, 0.2) is 66.9 Å². The Labute approximate surface area is 203 Å². The first-order valence-corrected chi connectivity index (χ1v) is 11.5. The van der Waals surface area contributed by atoms with E-state index in [0.717, 1.165) is 22.3 Å². The molecular formula is C27H27N3O5. The van der Waals surface area contributed by atoms with Crippen LogP contribution in [0.3, 0.4) is 0 Å². The fourth-order valence-corrected chi connectivity index (χ4v) is 4.31. The smallest absolute Gasteiger partial charge is 0.407 e. The first-order chi connectivity index (χ1) is 17.0. The molecule has 1 atom stereocenters. The van der Waals surface area contributed by atoms with Gasteiger partial charge in [-0.15, -0.1) is 0 Å². The molecule has 3 aromatic rings. The SMILES string of the molecule is CCC(CC(=O)O)NC(=O)c1ccnc(CNC(=O)OCC2c3ccccc3-c3ccccc32)c1. The van der Waals surface area contributed by atoms with E-state index < -0.39 is 18.1 Å². The van der Waals surface area contributed by atoms with Gasteiger partial charge in [-0.05, 0) is 40.8 Å². The molecule has 2 aromatic carbocycles. The van der Waals surface area contributed by atoms with Crippen molar-refractivity contribution >= 4 is 18.0 Å². The summed E-state index contributed by atoms with van der Waals surface area (Å²) in [5, 5.41) is 14.4. The molecule has 4 rings (SSSR count). The number of hydrogen-bond acceptors (Lipinski definition) is 5. The highest BCUT2D eigenvalue weighted by atomic mass is 16.5. The Morgan fingerprint density at radius 1 is 1.03 bits per heavy atom. The summed E-state index contributed by atoms with van der Waals surface area (Å²) in [7, 11) is 0. The number of nitrogens with zero attached hydrogens (tertiary/aromatic N) is 1. The van der Waals surface area contributed by atoms with Crippen LogP contribution in [0.4, 0.5) is 4.79 Å². The molecule has 0 fully saturated rings. The minimum absolute atomic E-state index is 0.0318. The average Bonchev–Trinajstić information content (AvgIpc) is 3.19. The summed E-state index contributed by atoms with van der Waals surface area (Å²) in [6.07, 6.45) is 1.25. The summed E-state index contributed by atoms with van der Waals surface area (Å²) in [6.45, 7) is 2.10. The Morgan fingerprint density at radius 3 is 2.31 bits per heavy atom. The van der Waals surface area contributed by atoms with E-state index in [1.165, 1.54) is 6.20 Å². The van der Waals surface area contributed by atoms with Crippen LogP contribution in [0, 0.1) is 0 Å². The van der Waals surface area contributed by atoms with Gasteiger partial charge in [0.15, 0.2) is 0 Å². The number of benzene rings is 2. The molecular weight excluding hydrogens is 446 g/mol. The number of carbonyl (C=O) groups is 3. The van der Waals surface area contributed by atoms with Crippen molar-refractivity contribution in [3.8, 4) is 11.1 Å². The predicted octanol–water partition coefficient (Wildman–Crippen LogP) is 4.10. The lowest BCUT2D eigenvalue weighted by Gasteiger charge is -2.15. The quantitative estimate of drug-likeness (QED) is 0.431. The van der Waals surface area contributed by atoms with Gasteiger partial charge < -0.3 is 20.5 Å². The number of carboxylic acid groups (broad SMARTS) is 1. The van der Waals surface area contributed by atoms with Crippen LogP contribution in [0.2, 0.25) is 0 Å². The van der Waals surface area contributed by atoms with E-state index in [2.05, 4.69) is 39.9 Å². The summed E-state index contributed by atoms with van der Waals surface area (Å²) in [5.41, 5.74) is 5.41. The molecule has 0 bridgehead atoms. The van der Waals surface area contributed by atoms with Crippen molar-refractivity contribution in [2.45, 2.75) is 38.3 Å². The maximum absolute atomic E-state index is 12.5. The minimum atomic E-state index is -0.972. The summed E-state index contributed by atoms with van der Waals surface area (Å²) in [5.74, 6) is -1.39. The fraction of sp³-hybridized carbons (Fsp3) is 0.259. The molecule has 0 radical (unpaired) electrons. The zero-order valence-electron chi connectivity index (χ0n) is 19.4. The van der Waals surface area contributed by atoms with E-state index in [1.54, 1.807) is 12.1 Å². The summed E-state index contributed by atoms with van der Waals surface area (Å²) < 4.78 is 5.53. The number of fused-ring (bicyclic) bond motifs is 3. The van der Waals surface area contributed by atoms with E-state index in [4.69, 9.17) is 9.84 Å². The number of carbonyl (C=O) groups excluding carboxylic acids is 2. The third kappa shape index (κ3) is 5.66. The number of aromatic nitrogens is 1. The van der Waals surface area contributed by atoms with Crippen molar-refractivity contribution in [3.63, 3.8) is 0 Å². The van der Waals surface area contributed by atoms with Crippen molar-refractivity contribution in [2.75, 3.05) is 6.61 Å². The molecule has 8 nitrogen and oxygen atoms in total. The first kappa shape index (κ1) is 23.9. The monoisotopic (exact) mass is 473 g/mol. The number of ether oxygens (including phenoxy) is 1. The van der Waals surface area contributed by atoms with Crippen LogP contribution in [0.1, 0.15) is 52.9 Å². The van der Waals surface area contributed by atoms with Crippen molar-refractivity contribution in [1.82, 2.24) is 15.6 Å². The zero-order valence-corrected chi connectivity index (χ0v) is 19.4. The van der Waals surface area contributed by atoms with Crippen LogP contribution in [0.5, 0.6) is 0 Å². The Hall–Kier alpha value is -4.20. The molecule has 2 amide bonds. The van der Waals surface area contributed by atoms with Crippen molar-refractivity contribution in [2.24, 2.45) is 0 Å². The second kappa shape index (κ2) is 10.8. The normalized spacial score (nSPS) is 12.8. The van der Waals surface area contributed by atoms with Crippen LogP contribution < -0.4 is 10.6 Å². The van der Waals surface area contributed by atoms with Gasteiger partial charge in [0, 0.05) is 23.7 Å². The number of amides is 2. The van der Waals surface area contributed by atoms with E-state index in [-0.39, 0.29) is 31.4 Å². The summed E-state index contributed by atoms with van der Waals surface area (Å²) in [4.78, 5) is 40.0. The topological polar surface area (TPSA) is 118 Å². The highest BCUT2D eigenvalue weighted by Crippen LogP contribution is 2.44. The van der Waals surface area contributed by atoms with Crippen molar-refractivity contribution in [3.05, 3.63) is 89.2 Å². The molecule has 8 heteroatoms. The molecule has 1 aliphatic carbocycles. The Balaban J connectivity index is 1.33. The van der Waals surface area contributed by atoms with Crippen LogP contribution >= 0.6 is 0 Å². The minimum Gasteiger partial charge on any atom is -0.481 e. The van der Waals surface area contributed by atoms with Gasteiger partial charge in [0.05, 0.1) is 18.7 Å². The van der Waals surface area contributed by atoms with Crippen LogP contribution in [-0.4, -0.2) is 40.7 Å². The zero-order chi connectivity index (χ0) is 24.8. The molecule has 0 spiro atoms. The number of aliphatic carboxylic acids is 1. The van der Waals surface area contributed by atoms with Gasteiger partial charge >= 0.3 is 12.1 Å². The highest BCUT2D eigenvalue weighted by molar-refractivity contribution is 5.94. The molecule has 35 heavy (non-hydrogen) atoms. The number of rotatable bonds is 9. The predicted molar refractivity (Wildman–Crippen MR) is 130 cm³/mol. The molecule has 1 aromatic heterocycles. The average molecular weight is 474 g/mol. The van der Waals surface area contributed by atoms with Crippen molar-refractivity contribution < 1.29 is 24.2 Å². The van der Waals surface area contributed by atoms with Crippen LogP contribution in [-0.2, 0) is 16.1 Å². The third-order valence-electron chi connectivity index (χ3n) is 6.09. The lowest BCUT2D eigenvalue weighted by Crippen LogP contribution is -2.36. The second-order valence-electron chi connectivity index (χ2n) is 8.39. The Morgan fingerprint density at radius 2 is 1.69 bits per heavy atom. The molecule has 1 aliphatic rings. The Bertz CT molecular complexity index is 1200. The lowest BCUT2D eigenvalue weighted by molar-refractivity contribution is -0.137. The summed E-state index contributed by atoms with van der Waals surface area (Å²) in [6, 6.07) is 18.9. The number of pyridine rings is 1. The van der Waals surface area contributed by atoms with E-state index in [0.29, 0.717) is 17.7 Å². The maximum atomic E-state index is 12.5. The van der Waals surface area contributed by atoms with Gasteiger partial charge in [-0.1, -0.05) is 55.5 Å². The number of carboxylic acids is 1. The van der Waals surface area contributed by atoms with Gasteiger partial charge in [-0.25, -0.2) is 4.79 Å². The number of nitrogens with one attached hydrogen (secondary N) is 2. The van der Waals surface area contributed by atoms with Gasteiger partial charge in [0.25, 0.3) is 5.91 Å². The van der Waals surface area contributed by atoms with Gasteiger partial charge in [0.2, 0.25) is 0 Å². The molecule has 0 aliphatic heterocycles. The molecule has 0 saturated heterocycles. The lowest BCUT2D eigenvalue weighted by atomic mass is 9.98. The maximum Gasteiger partial charge on any atom is 0.407 e. The van der Waals surface area contributed by atoms with E-state index >= 15 is 0 Å². The first-order valence-electron chi connectivity index (χ1n) is 11.5. The summed E-state index contributed by atoms with van der Waals surface area (Å²) >= 11 is 0. The molecule has 180 valence electrons. The molecule has 3 N–H and O–H groups in total. The standard InChI is InChI=1S/C27H27N3O5/c1-2-18(14-25(31)32)30-26(33)17-11-12-28-19(13-17)15-29-27(34)35-16-24-22-9-5-3-7-20(22)21-8-4-6-10-23(21)24/h3-13,18,24H,2,14-16H2,1H3,(H,29,34)(H,30,33)(H,31,32). The molecule has 1 heterocycles. The van der Waals surface area contributed by atoms with Gasteiger partial charge in [-0.3, -0.25) is 14.6 Å². The third-order valence-corrected chi connectivity index (χ3v) is 6.09. The van der Waals surface area contributed by atoms with Gasteiger partial charge in [-0.2, -0.15) is 0 Å². The van der Waals surface area contributed by atoms with Crippen molar-refractivity contribution in [1.29, 1.82) is 0 Å². The number of alkyl carbamates (subject to hydrolysis) is 1. The Kier molecular flexibility index (Phi) is 7.40. The largest absolute Gasteiger partial charge is 0.481 e. The van der Waals surface area contributed by atoms with E-state index in [9.17, 15) is 14.4 Å². The van der Waals surface area contributed by atoms with Gasteiger partial charge in [0.1, 0.15) is 6.61 Å². The fourth-order valence-electron chi connectivity index (χ4n) is 4.31. The molecule has 1 unspecified atom stereocenters. The second-order valence-corrected chi connectivity index (χ2v) is 8.39. The highest BCUT2D eigenvalue weighted by Gasteiger charge is 2.29. The molecule has 0 saturated carbocycles. The van der Waals surface area contributed by atoms with Crippen LogP contribution in [0.25, 0.3) is 11.1 Å². The number of hydrogen-bond donors (Lipinski definition) is 3.